The molecule has 2 rings (SSSR count). The van der Waals surface area contributed by atoms with Gasteiger partial charge in [0.2, 0.25) is 0 Å². The summed E-state index contributed by atoms with van der Waals surface area (Å²) in [5.74, 6) is 0.136. The van der Waals surface area contributed by atoms with Crippen LogP contribution in [0, 0.1) is 6.92 Å². The molecule has 88 valence electrons. The Kier molecular flexibility index (Phi) is 3.32. The van der Waals surface area contributed by atoms with E-state index in [0.29, 0.717) is 12.8 Å². The van der Waals surface area contributed by atoms with Crippen LogP contribution >= 0.6 is 0 Å². The SMILES string of the molecule is Cc1ccncc1C(=O)CCc1ccnn1C. The van der Waals surface area contributed by atoms with Gasteiger partial charge in [0.25, 0.3) is 0 Å². The highest BCUT2D eigenvalue weighted by Crippen LogP contribution is 2.10. The highest BCUT2D eigenvalue weighted by molar-refractivity contribution is 5.97. The fraction of sp³-hybridized carbons (Fsp3) is 0.308. The van der Waals surface area contributed by atoms with E-state index in [4.69, 9.17) is 0 Å². The fourth-order valence-corrected chi connectivity index (χ4v) is 1.78. The summed E-state index contributed by atoms with van der Waals surface area (Å²) in [6.45, 7) is 1.93. The average molecular weight is 229 g/mol. The van der Waals surface area contributed by atoms with Gasteiger partial charge < -0.3 is 0 Å². The van der Waals surface area contributed by atoms with Gasteiger partial charge in [0.15, 0.2) is 5.78 Å². The molecule has 0 amide bonds. The minimum Gasteiger partial charge on any atom is -0.294 e. The van der Waals surface area contributed by atoms with Gasteiger partial charge in [-0.05, 0) is 31.0 Å². The van der Waals surface area contributed by atoms with Gasteiger partial charge >= 0.3 is 0 Å². The summed E-state index contributed by atoms with van der Waals surface area (Å²) in [7, 11) is 1.88. The van der Waals surface area contributed by atoms with Crippen LogP contribution in [-0.4, -0.2) is 20.5 Å². The monoisotopic (exact) mass is 229 g/mol. The Hall–Kier alpha value is -1.97. The Labute approximate surface area is 100 Å². The Bertz CT molecular complexity index is 531. The number of Topliss-reactive ketones (excluding diaryl/α,β-unsaturated/α-hetero) is 1. The second-order valence-electron chi connectivity index (χ2n) is 4.06. The molecule has 0 N–H and O–H groups in total. The highest BCUT2D eigenvalue weighted by Gasteiger charge is 2.10. The zero-order valence-electron chi connectivity index (χ0n) is 10.1. The maximum Gasteiger partial charge on any atom is 0.165 e. The number of carbonyl (C=O) groups excluding carboxylic acids is 1. The lowest BCUT2D eigenvalue weighted by atomic mass is 10.0. The Balaban J connectivity index is 2.04. The number of ketones is 1. The number of carbonyl (C=O) groups is 1. The summed E-state index contributed by atoms with van der Waals surface area (Å²) in [5.41, 5.74) is 2.77. The van der Waals surface area contributed by atoms with Gasteiger partial charge in [-0.25, -0.2) is 0 Å². The van der Waals surface area contributed by atoms with Crippen LogP contribution < -0.4 is 0 Å². The first-order valence-electron chi connectivity index (χ1n) is 5.59. The summed E-state index contributed by atoms with van der Waals surface area (Å²) in [4.78, 5) is 16.0. The molecular weight excluding hydrogens is 214 g/mol. The van der Waals surface area contributed by atoms with Gasteiger partial charge in [-0.3, -0.25) is 14.5 Å². The van der Waals surface area contributed by atoms with Crippen molar-refractivity contribution in [3.8, 4) is 0 Å². The van der Waals surface area contributed by atoms with Gasteiger partial charge in [-0.1, -0.05) is 0 Å². The maximum atomic E-state index is 12.0. The van der Waals surface area contributed by atoms with Crippen molar-refractivity contribution in [2.75, 3.05) is 0 Å². The van der Waals surface area contributed by atoms with Crippen molar-refractivity contribution in [2.24, 2.45) is 7.05 Å². The molecule has 0 aliphatic carbocycles. The number of nitrogens with zero attached hydrogens (tertiary/aromatic N) is 3. The fourth-order valence-electron chi connectivity index (χ4n) is 1.78. The molecule has 0 spiro atoms. The molecule has 0 saturated carbocycles. The third-order valence-electron chi connectivity index (χ3n) is 2.87. The second-order valence-corrected chi connectivity index (χ2v) is 4.06. The summed E-state index contributed by atoms with van der Waals surface area (Å²) >= 11 is 0. The summed E-state index contributed by atoms with van der Waals surface area (Å²) in [5, 5.41) is 4.08. The molecule has 0 radical (unpaired) electrons. The summed E-state index contributed by atoms with van der Waals surface area (Å²) in [6, 6.07) is 3.79. The molecule has 0 saturated heterocycles. The number of hydrogen-bond acceptors (Lipinski definition) is 3. The Morgan fingerprint density at radius 2 is 2.18 bits per heavy atom. The van der Waals surface area contributed by atoms with E-state index < -0.39 is 0 Å². The number of aryl methyl sites for hydroxylation is 3. The van der Waals surface area contributed by atoms with Crippen molar-refractivity contribution in [3.05, 3.63) is 47.5 Å². The van der Waals surface area contributed by atoms with E-state index in [1.54, 1.807) is 23.3 Å². The standard InChI is InChI=1S/C13H15N3O/c1-10-5-7-14-9-12(10)13(17)4-3-11-6-8-15-16(11)2/h5-9H,3-4H2,1-2H3. The number of aromatic nitrogens is 3. The van der Waals surface area contributed by atoms with Crippen LogP contribution in [0.3, 0.4) is 0 Å². The molecule has 17 heavy (non-hydrogen) atoms. The molecule has 0 atom stereocenters. The normalized spacial score (nSPS) is 10.5. The van der Waals surface area contributed by atoms with Crippen LogP contribution in [0.25, 0.3) is 0 Å². The smallest absolute Gasteiger partial charge is 0.165 e. The maximum absolute atomic E-state index is 12.0. The number of rotatable bonds is 4. The van der Waals surface area contributed by atoms with Gasteiger partial charge in [0, 0.05) is 43.3 Å². The zero-order chi connectivity index (χ0) is 12.3. The molecule has 2 aromatic heterocycles. The largest absolute Gasteiger partial charge is 0.294 e. The van der Waals surface area contributed by atoms with E-state index in [-0.39, 0.29) is 5.78 Å². The first kappa shape index (κ1) is 11.5. The average Bonchev–Trinajstić information content (AvgIpc) is 2.72. The highest BCUT2D eigenvalue weighted by atomic mass is 16.1. The van der Waals surface area contributed by atoms with E-state index in [0.717, 1.165) is 16.8 Å². The summed E-state index contributed by atoms with van der Waals surface area (Å²) < 4.78 is 1.80. The molecule has 4 nitrogen and oxygen atoms in total. The third kappa shape index (κ3) is 2.58. The molecule has 0 aromatic carbocycles. The Morgan fingerprint density at radius 1 is 1.35 bits per heavy atom. The van der Waals surface area contributed by atoms with E-state index in [9.17, 15) is 4.79 Å². The second kappa shape index (κ2) is 4.91. The first-order chi connectivity index (χ1) is 8.18. The van der Waals surface area contributed by atoms with Crippen molar-refractivity contribution in [1.29, 1.82) is 0 Å². The van der Waals surface area contributed by atoms with Gasteiger partial charge in [0.1, 0.15) is 0 Å². The minimum absolute atomic E-state index is 0.136. The lowest BCUT2D eigenvalue weighted by Crippen LogP contribution is -2.06. The molecule has 2 heterocycles. The molecule has 4 heteroatoms. The Morgan fingerprint density at radius 3 is 2.82 bits per heavy atom. The van der Waals surface area contributed by atoms with Gasteiger partial charge in [-0.15, -0.1) is 0 Å². The van der Waals surface area contributed by atoms with E-state index >= 15 is 0 Å². The predicted molar refractivity (Wildman–Crippen MR) is 64.8 cm³/mol. The van der Waals surface area contributed by atoms with Crippen molar-refractivity contribution in [2.45, 2.75) is 19.8 Å². The minimum atomic E-state index is 0.136. The molecule has 0 fully saturated rings. The van der Waals surface area contributed by atoms with E-state index in [1.165, 1.54) is 0 Å². The molecule has 2 aromatic rings. The zero-order valence-corrected chi connectivity index (χ0v) is 10.1. The van der Waals surface area contributed by atoms with Crippen LogP contribution in [0.15, 0.2) is 30.7 Å². The van der Waals surface area contributed by atoms with Gasteiger partial charge in [0.05, 0.1) is 0 Å². The van der Waals surface area contributed by atoms with Crippen LogP contribution in [0.5, 0.6) is 0 Å². The number of pyridine rings is 1. The topological polar surface area (TPSA) is 47.8 Å². The van der Waals surface area contributed by atoms with E-state index in [2.05, 4.69) is 10.1 Å². The molecular formula is C13H15N3O. The first-order valence-corrected chi connectivity index (χ1v) is 5.59. The molecule has 0 bridgehead atoms. The third-order valence-corrected chi connectivity index (χ3v) is 2.87. The molecule has 0 unspecified atom stereocenters. The quantitative estimate of drug-likeness (QED) is 0.753. The van der Waals surface area contributed by atoms with Crippen molar-refractivity contribution >= 4 is 5.78 Å². The number of hydrogen-bond donors (Lipinski definition) is 0. The lowest BCUT2D eigenvalue weighted by molar-refractivity contribution is 0.0981. The van der Waals surface area contributed by atoms with Gasteiger partial charge in [-0.2, -0.15) is 5.10 Å². The van der Waals surface area contributed by atoms with Crippen LogP contribution in [0.4, 0.5) is 0 Å². The van der Waals surface area contributed by atoms with Crippen molar-refractivity contribution in [1.82, 2.24) is 14.8 Å². The van der Waals surface area contributed by atoms with Crippen LogP contribution in [0.2, 0.25) is 0 Å². The molecule has 0 aliphatic heterocycles. The van der Waals surface area contributed by atoms with Crippen molar-refractivity contribution in [3.63, 3.8) is 0 Å². The predicted octanol–water partition coefficient (Wildman–Crippen LogP) is 1.94. The summed E-state index contributed by atoms with van der Waals surface area (Å²) in [6.07, 6.45) is 6.29. The van der Waals surface area contributed by atoms with E-state index in [1.807, 2.05) is 26.1 Å². The van der Waals surface area contributed by atoms with Crippen LogP contribution in [-0.2, 0) is 13.5 Å². The molecule has 0 aliphatic rings. The van der Waals surface area contributed by atoms with Crippen LogP contribution in [0.1, 0.15) is 28.0 Å². The lowest BCUT2D eigenvalue weighted by Gasteiger charge is -2.04. The van der Waals surface area contributed by atoms with Crippen molar-refractivity contribution < 1.29 is 4.79 Å².